The van der Waals surface area contributed by atoms with Gasteiger partial charge in [-0.25, -0.2) is 0 Å². The zero-order valence-corrected chi connectivity index (χ0v) is 47.2. The number of rotatable bonds is 4. The van der Waals surface area contributed by atoms with Gasteiger partial charge in [0.1, 0.15) is 0 Å². The summed E-state index contributed by atoms with van der Waals surface area (Å²) in [6, 6.07) is 76.8. The summed E-state index contributed by atoms with van der Waals surface area (Å²) in [5.74, 6) is 1.04. The van der Waals surface area contributed by atoms with Crippen molar-refractivity contribution in [1.29, 1.82) is 0 Å². The first-order valence-electron chi connectivity index (χ1n) is 31.1. The second-order valence-corrected chi connectivity index (χ2v) is 25.7. The van der Waals surface area contributed by atoms with E-state index in [9.17, 15) is 0 Å². The molecular weight excluding hydrogens is 1010 g/mol. The molecule has 0 radical (unpaired) electrons. The minimum atomic E-state index is -0.147. The molecule has 10 aromatic carbocycles. The van der Waals surface area contributed by atoms with Gasteiger partial charge in [-0.15, -0.1) is 0 Å². The van der Waals surface area contributed by atoms with E-state index >= 15 is 0 Å². The van der Waals surface area contributed by atoms with Crippen LogP contribution in [0.3, 0.4) is 0 Å². The Balaban J connectivity index is 0.915. The van der Waals surface area contributed by atoms with Crippen LogP contribution >= 0.6 is 0 Å². The van der Waals surface area contributed by atoms with Crippen LogP contribution in [-0.4, -0.2) is 0 Å². The molecule has 2 spiro atoms. The van der Waals surface area contributed by atoms with Crippen molar-refractivity contribution in [1.82, 2.24) is 0 Å². The van der Waals surface area contributed by atoms with Crippen molar-refractivity contribution < 1.29 is 0 Å². The zero-order chi connectivity index (χ0) is 54.8. The van der Waals surface area contributed by atoms with Crippen LogP contribution in [0.4, 0.5) is 22.7 Å². The molecule has 7 aliphatic carbocycles. The first-order valence-corrected chi connectivity index (χ1v) is 31.1. The molecule has 10 aromatic rings. The van der Waals surface area contributed by atoms with E-state index in [1.165, 1.54) is 156 Å². The average molecular weight is 1080 g/mol. The molecule has 0 amide bonds. The molecule has 2 heterocycles. The van der Waals surface area contributed by atoms with Crippen LogP contribution in [0.15, 0.2) is 265 Å². The van der Waals surface area contributed by atoms with E-state index < -0.39 is 0 Å². The zero-order valence-electron chi connectivity index (χ0n) is 47.2. The Morgan fingerprint density at radius 1 is 0.393 bits per heavy atom. The van der Waals surface area contributed by atoms with Gasteiger partial charge in [-0.05, 0) is 246 Å². The molecule has 2 aliphatic heterocycles. The normalized spacial score (nSPS) is 21.1. The van der Waals surface area contributed by atoms with Gasteiger partial charge >= 0.3 is 0 Å². The van der Waals surface area contributed by atoms with E-state index in [1.54, 1.807) is 0 Å². The molecule has 2 unspecified atom stereocenters. The number of fused-ring (bicyclic) bond motifs is 16. The van der Waals surface area contributed by atoms with E-state index in [0.29, 0.717) is 11.8 Å². The van der Waals surface area contributed by atoms with E-state index in [-0.39, 0.29) is 10.8 Å². The maximum absolute atomic E-state index is 2.68. The molecule has 0 aromatic heterocycles. The molecule has 1 saturated carbocycles. The summed E-state index contributed by atoms with van der Waals surface area (Å²) in [4.78, 5) is 5.23. The summed E-state index contributed by atoms with van der Waals surface area (Å²) < 4.78 is 0. The van der Waals surface area contributed by atoms with Crippen LogP contribution in [0.25, 0.3) is 66.1 Å². The van der Waals surface area contributed by atoms with E-state index in [2.05, 4.69) is 253 Å². The fourth-order valence-electron chi connectivity index (χ4n) is 18.1. The van der Waals surface area contributed by atoms with Gasteiger partial charge in [0.05, 0.1) is 0 Å². The number of para-hydroxylation sites is 2. The van der Waals surface area contributed by atoms with Crippen molar-refractivity contribution in [3.05, 3.63) is 310 Å². The molecule has 0 N–H and O–H groups in total. The molecule has 2 nitrogen and oxygen atoms in total. The van der Waals surface area contributed by atoms with Crippen LogP contribution in [0.1, 0.15) is 83.0 Å². The lowest BCUT2D eigenvalue weighted by Gasteiger charge is -2.37. The molecule has 400 valence electrons. The lowest BCUT2D eigenvalue weighted by Crippen LogP contribution is -2.25. The third-order valence-electron chi connectivity index (χ3n) is 21.6. The summed E-state index contributed by atoms with van der Waals surface area (Å²) in [7, 11) is 0. The van der Waals surface area contributed by atoms with Crippen molar-refractivity contribution >= 4 is 44.3 Å². The van der Waals surface area contributed by atoms with Gasteiger partial charge in [0.15, 0.2) is 0 Å². The smallest absolute Gasteiger partial charge is 0.0496 e. The Hall–Kier alpha value is -9.24. The van der Waals surface area contributed by atoms with Crippen molar-refractivity contribution in [2.45, 2.75) is 75.0 Å². The number of hydrogen-bond acceptors (Lipinski definition) is 2. The molecule has 9 aliphatic rings. The second kappa shape index (κ2) is 17.6. The fraction of sp³-hybridized carbons (Fsp3) is 0.171. The SMILES string of the molecule is C1=CC2CC3(CC2C=C1)c1ccccc1-c1ccc(-c2c4ccc(N5C6=C(C=CCC6)Cc6ccccc65)cc4c(-c4ccc5c(c4)C4(Cc6ccccc6C4)c4ccccc4-5)c4ccc(N5C6=C(CCC=C6)Cc6ccccc65)cc24)cc13. The molecular formula is C82H62N2. The molecule has 2 atom stereocenters. The number of benzene rings is 10. The predicted molar refractivity (Wildman–Crippen MR) is 348 cm³/mol. The first kappa shape index (κ1) is 47.3. The maximum Gasteiger partial charge on any atom is 0.0496 e. The fourth-order valence-corrected chi connectivity index (χ4v) is 18.1. The lowest BCUT2D eigenvalue weighted by molar-refractivity contribution is 0.531. The summed E-state index contributed by atoms with van der Waals surface area (Å²) in [6.07, 6.45) is 29.6. The minimum absolute atomic E-state index is 0.0761. The molecule has 84 heavy (non-hydrogen) atoms. The summed E-state index contributed by atoms with van der Waals surface area (Å²) >= 11 is 0. The minimum Gasteiger partial charge on any atom is -0.314 e. The van der Waals surface area contributed by atoms with Gasteiger partial charge in [-0.3, -0.25) is 0 Å². The van der Waals surface area contributed by atoms with Crippen LogP contribution in [0, 0.1) is 11.8 Å². The molecule has 0 saturated heterocycles. The van der Waals surface area contributed by atoms with E-state index in [4.69, 9.17) is 0 Å². The van der Waals surface area contributed by atoms with Gasteiger partial charge in [0, 0.05) is 51.4 Å². The predicted octanol–water partition coefficient (Wildman–Crippen LogP) is 20.4. The summed E-state index contributed by atoms with van der Waals surface area (Å²) in [5.41, 5.74) is 33.0. The molecule has 0 bridgehead atoms. The van der Waals surface area contributed by atoms with Crippen molar-refractivity contribution in [3.63, 3.8) is 0 Å². The summed E-state index contributed by atoms with van der Waals surface area (Å²) in [5, 5.41) is 5.17. The highest BCUT2D eigenvalue weighted by molar-refractivity contribution is 6.23. The summed E-state index contributed by atoms with van der Waals surface area (Å²) in [6.45, 7) is 0. The van der Waals surface area contributed by atoms with Gasteiger partial charge in [0.25, 0.3) is 0 Å². The highest BCUT2D eigenvalue weighted by atomic mass is 15.2. The Kier molecular flexibility index (Phi) is 9.93. The topological polar surface area (TPSA) is 6.48 Å². The van der Waals surface area contributed by atoms with E-state index in [0.717, 1.165) is 64.2 Å². The first-order chi connectivity index (χ1) is 41.6. The third kappa shape index (κ3) is 6.57. The highest BCUT2D eigenvalue weighted by Gasteiger charge is 2.52. The van der Waals surface area contributed by atoms with Gasteiger partial charge in [0.2, 0.25) is 0 Å². The van der Waals surface area contributed by atoms with Crippen molar-refractivity contribution in [2.24, 2.45) is 11.8 Å². The van der Waals surface area contributed by atoms with Crippen LogP contribution < -0.4 is 9.80 Å². The van der Waals surface area contributed by atoms with Crippen molar-refractivity contribution in [2.75, 3.05) is 9.80 Å². The van der Waals surface area contributed by atoms with Crippen LogP contribution in [0.2, 0.25) is 0 Å². The monoisotopic (exact) mass is 1070 g/mol. The van der Waals surface area contributed by atoms with Gasteiger partial charge < -0.3 is 9.80 Å². The maximum atomic E-state index is 2.68. The Morgan fingerprint density at radius 3 is 1.56 bits per heavy atom. The quantitative estimate of drug-likeness (QED) is 0.162. The van der Waals surface area contributed by atoms with E-state index in [1.807, 2.05) is 0 Å². The third-order valence-corrected chi connectivity index (χ3v) is 21.6. The Bertz CT molecular complexity index is 4730. The number of nitrogens with zero attached hydrogens (tertiary/aromatic N) is 2. The number of anilines is 4. The standard InChI is InChI=1S/C82H62N2/c1-2-22-58-48-81(47-57(58)21-1)71-27-11-9-25-63(71)65-37-33-55(43-73(65)81)79-67-39-35-62(84-77-31-15-7-19-53(77)42-54-20-8-16-32-78(54)84)46-70(67)80(68-40-36-61(45-69(68)79)83-75-29-13-5-17-51(75)41-52-18-6-14-30-76(52)83)56-34-38-66-64-26-10-12-28-72(64)82(74(66)44-56)49-59-23-3-4-24-60(59)50-82/h1-7,9-13,15-19,21-29,31-40,43-46,59-60H,8,14,20,30,41-42,47-50H2. The van der Waals surface area contributed by atoms with Crippen LogP contribution in [-0.2, 0) is 36.5 Å². The van der Waals surface area contributed by atoms with Gasteiger partial charge in [-0.2, -0.15) is 0 Å². The lowest BCUT2D eigenvalue weighted by atomic mass is 9.74. The highest BCUT2D eigenvalue weighted by Crippen LogP contribution is 2.63. The second-order valence-electron chi connectivity index (χ2n) is 25.7. The van der Waals surface area contributed by atoms with Gasteiger partial charge in [-0.1, -0.05) is 188 Å². The number of allylic oxidation sites excluding steroid dienone is 11. The molecule has 2 heteroatoms. The molecule has 19 rings (SSSR count). The van der Waals surface area contributed by atoms with Crippen molar-refractivity contribution in [3.8, 4) is 44.5 Å². The Labute approximate surface area is 492 Å². The number of hydrogen-bond donors (Lipinski definition) is 0. The largest absolute Gasteiger partial charge is 0.314 e. The average Bonchev–Trinajstić information content (AvgIpc) is 1.71. The Morgan fingerprint density at radius 2 is 0.905 bits per heavy atom. The molecule has 1 fully saturated rings. The van der Waals surface area contributed by atoms with Crippen LogP contribution in [0.5, 0.6) is 0 Å².